The molecule has 2 aromatic heterocycles. The molecule has 1 aliphatic rings. The van der Waals surface area contributed by atoms with Gasteiger partial charge in [-0.2, -0.15) is 5.10 Å². The van der Waals surface area contributed by atoms with E-state index in [0.717, 1.165) is 36.9 Å². The number of anilines is 1. The van der Waals surface area contributed by atoms with Crippen molar-refractivity contribution in [2.24, 2.45) is 0 Å². The molecule has 172 valence electrons. The molecule has 0 aliphatic heterocycles. The molecule has 34 heavy (non-hydrogen) atoms. The minimum absolute atomic E-state index is 0.240. The Hall–Kier alpha value is -4.20. The fraction of sp³-hybridized carbons (Fsp3) is 0.192. The molecule has 2 heterocycles. The third-order valence-electron chi connectivity index (χ3n) is 5.89. The average molecular weight is 458 g/mol. The van der Waals surface area contributed by atoms with Crippen molar-refractivity contribution in [3.8, 4) is 5.69 Å². The summed E-state index contributed by atoms with van der Waals surface area (Å²) in [6, 6.07) is 16.4. The summed E-state index contributed by atoms with van der Waals surface area (Å²) >= 11 is 0. The molecule has 0 bridgehead atoms. The van der Waals surface area contributed by atoms with E-state index in [1.807, 2.05) is 0 Å². The highest BCUT2D eigenvalue weighted by atomic mass is 19.1. The first-order valence-electron chi connectivity index (χ1n) is 11.2. The number of nitrogens with one attached hydrogen (secondary N) is 2. The van der Waals surface area contributed by atoms with Crippen LogP contribution in [0.15, 0.2) is 71.3 Å². The van der Waals surface area contributed by atoms with Crippen molar-refractivity contribution >= 4 is 17.5 Å². The Morgan fingerprint density at radius 3 is 2.56 bits per heavy atom. The van der Waals surface area contributed by atoms with Gasteiger partial charge in [-0.25, -0.2) is 9.07 Å². The first-order chi connectivity index (χ1) is 16.6. The van der Waals surface area contributed by atoms with Gasteiger partial charge in [0, 0.05) is 11.3 Å². The molecule has 2 amide bonds. The van der Waals surface area contributed by atoms with Gasteiger partial charge in [0.05, 0.1) is 29.7 Å². The molecular weight excluding hydrogens is 435 g/mol. The number of benzene rings is 2. The summed E-state index contributed by atoms with van der Waals surface area (Å²) in [6.45, 7) is 0.240. The lowest BCUT2D eigenvalue weighted by Crippen LogP contribution is -2.25. The molecule has 0 atom stereocenters. The van der Waals surface area contributed by atoms with Gasteiger partial charge in [0.25, 0.3) is 11.8 Å². The number of carbonyl (C=O) groups is 2. The number of halogens is 1. The van der Waals surface area contributed by atoms with E-state index in [0.29, 0.717) is 28.4 Å². The molecule has 2 aromatic carbocycles. The second kappa shape index (κ2) is 9.35. The van der Waals surface area contributed by atoms with Crippen molar-refractivity contribution in [3.05, 3.63) is 101 Å². The Labute approximate surface area is 195 Å². The summed E-state index contributed by atoms with van der Waals surface area (Å²) in [4.78, 5) is 26.1. The number of hydrogen-bond acceptors (Lipinski definition) is 4. The number of para-hydroxylation sites is 1. The van der Waals surface area contributed by atoms with Crippen LogP contribution in [0.3, 0.4) is 0 Å². The van der Waals surface area contributed by atoms with Gasteiger partial charge in [0.2, 0.25) is 0 Å². The lowest BCUT2D eigenvalue weighted by molar-refractivity contribution is 0.0949. The quantitative estimate of drug-likeness (QED) is 0.440. The van der Waals surface area contributed by atoms with E-state index in [2.05, 4.69) is 15.7 Å². The Balaban J connectivity index is 1.41. The fourth-order valence-corrected chi connectivity index (χ4v) is 4.22. The van der Waals surface area contributed by atoms with Crippen LogP contribution in [0.25, 0.3) is 5.69 Å². The monoisotopic (exact) mass is 458 g/mol. The zero-order valence-electron chi connectivity index (χ0n) is 18.4. The Bertz CT molecular complexity index is 1330. The van der Waals surface area contributed by atoms with Crippen molar-refractivity contribution in [3.63, 3.8) is 0 Å². The van der Waals surface area contributed by atoms with E-state index in [1.54, 1.807) is 59.5 Å². The average Bonchev–Trinajstić information content (AvgIpc) is 3.52. The maximum absolute atomic E-state index is 13.4. The number of carbonyl (C=O) groups excluding carboxylic acids is 2. The van der Waals surface area contributed by atoms with Gasteiger partial charge in [-0.3, -0.25) is 9.59 Å². The van der Waals surface area contributed by atoms with Gasteiger partial charge >= 0.3 is 0 Å². The van der Waals surface area contributed by atoms with E-state index in [1.165, 1.54) is 12.1 Å². The van der Waals surface area contributed by atoms with Crippen LogP contribution in [0.4, 0.5) is 10.1 Å². The summed E-state index contributed by atoms with van der Waals surface area (Å²) < 4.78 is 20.4. The lowest BCUT2D eigenvalue weighted by Gasteiger charge is -2.14. The van der Waals surface area contributed by atoms with Crippen molar-refractivity contribution in [1.82, 2.24) is 15.1 Å². The van der Waals surface area contributed by atoms with Crippen LogP contribution in [-0.4, -0.2) is 21.6 Å². The molecule has 8 heteroatoms. The molecule has 0 radical (unpaired) electrons. The summed E-state index contributed by atoms with van der Waals surface area (Å²) in [5.41, 5.74) is 3.63. The van der Waals surface area contributed by atoms with Gasteiger partial charge in [0.1, 0.15) is 11.6 Å². The molecule has 0 spiro atoms. The van der Waals surface area contributed by atoms with Crippen LogP contribution in [0.2, 0.25) is 0 Å². The summed E-state index contributed by atoms with van der Waals surface area (Å²) in [7, 11) is 0. The fourth-order valence-electron chi connectivity index (χ4n) is 4.22. The highest BCUT2D eigenvalue weighted by molar-refractivity contribution is 6.08. The normalized spacial score (nSPS) is 12.7. The largest absolute Gasteiger partial charge is 0.467 e. The first kappa shape index (κ1) is 21.6. The number of hydrogen-bond donors (Lipinski definition) is 2. The number of furan rings is 1. The molecular formula is C26H23FN4O3. The van der Waals surface area contributed by atoms with E-state index in [4.69, 9.17) is 4.42 Å². The van der Waals surface area contributed by atoms with Crippen LogP contribution in [0.5, 0.6) is 0 Å². The molecule has 0 unspecified atom stereocenters. The maximum Gasteiger partial charge on any atom is 0.276 e. The maximum atomic E-state index is 13.4. The smallest absolute Gasteiger partial charge is 0.276 e. The predicted octanol–water partition coefficient (Wildman–Crippen LogP) is 4.67. The minimum Gasteiger partial charge on any atom is -0.467 e. The molecule has 1 aliphatic carbocycles. The third-order valence-corrected chi connectivity index (χ3v) is 5.89. The minimum atomic E-state index is -0.384. The summed E-state index contributed by atoms with van der Waals surface area (Å²) in [5.74, 6) is -0.408. The van der Waals surface area contributed by atoms with Gasteiger partial charge in [0.15, 0.2) is 5.69 Å². The SMILES string of the molecule is O=C(NCc1ccco1)c1ccccc1NC(=O)c1nn(-c2ccc(F)cc2)c2c1CCCC2. The number of nitrogens with zero attached hydrogens (tertiary/aromatic N) is 2. The Morgan fingerprint density at radius 2 is 1.76 bits per heavy atom. The first-order valence-corrected chi connectivity index (χ1v) is 11.2. The molecule has 4 aromatic rings. The van der Waals surface area contributed by atoms with E-state index in [-0.39, 0.29) is 24.2 Å². The second-order valence-corrected chi connectivity index (χ2v) is 8.13. The topological polar surface area (TPSA) is 89.2 Å². The number of rotatable bonds is 6. The lowest BCUT2D eigenvalue weighted by atomic mass is 9.95. The highest BCUT2D eigenvalue weighted by Gasteiger charge is 2.26. The number of amides is 2. The number of aromatic nitrogens is 2. The zero-order chi connectivity index (χ0) is 23.5. The molecule has 2 N–H and O–H groups in total. The van der Waals surface area contributed by atoms with Crippen LogP contribution in [0, 0.1) is 5.82 Å². The van der Waals surface area contributed by atoms with Crippen LogP contribution < -0.4 is 10.6 Å². The zero-order valence-corrected chi connectivity index (χ0v) is 18.4. The molecule has 0 fully saturated rings. The molecule has 7 nitrogen and oxygen atoms in total. The molecule has 0 saturated heterocycles. The summed E-state index contributed by atoms with van der Waals surface area (Å²) in [6.07, 6.45) is 5.04. The Morgan fingerprint density at radius 1 is 0.971 bits per heavy atom. The number of fused-ring (bicyclic) bond motifs is 1. The van der Waals surface area contributed by atoms with Crippen LogP contribution in [0.1, 0.15) is 50.7 Å². The van der Waals surface area contributed by atoms with Gasteiger partial charge in [-0.05, 0) is 74.2 Å². The highest BCUT2D eigenvalue weighted by Crippen LogP contribution is 2.28. The molecule has 5 rings (SSSR count). The van der Waals surface area contributed by atoms with Crippen LogP contribution >= 0.6 is 0 Å². The third kappa shape index (κ3) is 4.34. The predicted molar refractivity (Wildman–Crippen MR) is 124 cm³/mol. The van der Waals surface area contributed by atoms with Crippen molar-refractivity contribution in [2.45, 2.75) is 32.2 Å². The van der Waals surface area contributed by atoms with E-state index in [9.17, 15) is 14.0 Å². The second-order valence-electron chi connectivity index (χ2n) is 8.13. The van der Waals surface area contributed by atoms with Crippen molar-refractivity contribution in [1.29, 1.82) is 0 Å². The molecule has 0 saturated carbocycles. The van der Waals surface area contributed by atoms with Gasteiger partial charge < -0.3 is 15.1 Å². The summed E-state index contributed by atoms with van der Waals surface area (Å²) in [5, 5.41) is 10.3. The van der Waals surface area contributed by atoms with Gasteiger partial charge in [-0.1, -0.05) is 12.1 Å². The van der Waals surface area contributed by atoms with Crippen LogP contribution in [-0.2, 0) is 19.4 Å². The van der Waals surface area contributed by atoms with Gasteiger partial charge in [-0.15, -0.1) is 0 Å². The standard InChI is InChI=1S/C26H23FN4O3/c27-17-11-13-18(14-12-17)31-23-10-4-2-8-21(23)24(30-31)26(33)29-22-9-3-1-7-20(22)25(32)28-16-19-6-5-15-34-19/h1,3,5-7,9,11-15H,2,4,8,10,16H2,(H,28,32)(H,29,33). The van der Waals surface area contributed by atoms with E-state index < -0.39 is 0 Å². The van der Waals surface area contributed by atoms with Crippen molar-refractivity contribution < 1.29 is 18.4 Å². The van der Waals surface area contributed by atoms with E-state index >= 15 is 0 Å². The van der Waals surface area contributed by atoms with Crippen molar-refractivity contribution in [2.75, 3.05) is 5.32 Å². The Kier molecular flexibility index (Phi) is 5.95.